The molecule has 1 atom stereocenters. The van der Waals surface area contributed by atoms with Crippen molar-refractivity contribution in [2.45, 2.75) is 39.5 Å². The highest BCUT2D eigenvalue weighted by atomic mass is 35.5. The second-order valence-electron chi connectivity index (χ2n) is 9.55. The van der Waals surface area contributed by atoms with Crippen molar-refractivity contribution in [3.63, 3.8) is 0 Å². The molecular formula is C28H30ClFN6O. The van der Waals surface area contributed by atoms with Crippen LogP contribution in [0.5, 0.6) is 0 Å². The Morgan fingerprint density at radius 1 is 1.03 bits per heavy atom. The molecule has 2 aromatic heterocycles. The van der Waals surface area contributed by atoms with Crippen LogP contribution in [-0.2, 0) is 0 Å². The maximum atomic E-state index is 13.6. The second kappa shape index (κ2) is 10.5. The normalized spacial score (nSPS) is 14.8. The predicted molar refractivity (Wildman–Crippen MR) is 144 cm³/mol. The summed E-state index contributed by atoms with van der Waals surface area (Å²) in [6.45, 7) is 8.70. The number of halogens is 2. The third-order valence-electron chi connectivity index (χ3n) is 6.89. The highest BCUT2D eigenvalue weighted by molar-refractivity contribution is 6.30. The molecule has 37 heavy (non-hydrogen) atoms. The van der Waals surface area contributed by atoms with Crippen LogP contribution in [0.1, 0.15) is 54.5 Å². The summed E-state index contributed by atoms with van der Waals surface area (Å²) in [5, 5.41) is 6.26. The van der Waals surface area contributed by atoms with Gasteiger partial charge in [0.2, 0.25) is 0 Å². The van der Waals surface area contributed by atoms with Crippen LogP contribution in [0, 0.1) is 12.7 Å². The molecule has 3 heterocycles. The lowest BCUT2D eigenvalue weighted by molar-refractivity contribution is 0.0746. The lowest BCUT2D eigenvalue weighted by Crippen LogP contribution is -2.49. The van der Waals surface area contributed by atoms with Gasteiger partial charge in [-0.3, -0.25) is 4.79 Å². The van der Waals surface area contributed by atoms with E-state index in [1.807, 2.05) is 11.8 Å². The van der Waals surface area contributed by atoms with E-state index in [0.29, 0.717) is 42.4 Å². The summed E-state index contributed by atoms with van der Waals surface area (Å²) in [6, 6.07) is 13.3. The number of aromatic nitrogens is 4. The minimum atomic E-state index is -0.296. The molecule has 0 saturated carbocycles. The number of carbonyl (C=O) groups excluding carboxylic acids is 1. The molecule has 5 rings (SSSR count). The van der Waals surface area contributed by atoms with Crippen LogP contribution in [0.2, 0.25) is 5.02 Å². The molecular weight excluding hydrogens is 491 g/mol. The van der Waals surface area contributed by atoms with Crippen molar-refractivity contribution in [2.75, 3.05) is 31.1 Å². The van der Waals surface area contributed by atoms with E-state index in [1.165, 1.54) is 12.1 Å². The summed E-state index contributed by atoms with van der Waals surface area (Å²) in [5.74, 6) is 1.50. The number of hydrogen-bond acceptors (Lipinski definition) is 5. The van der Waals surface area contributed by atoms with E-state index in [9.17, 15) is 9.18 Å². The van der Waals surface area contributed by atoms with Crippen LogP contribution >= 0.6 is 11.6 Å². The first kappa shape index (κ1) is 25.1. The molecule has 192 valence electrons. The molecule has 0 N–H and O–H groups in total. The van der Waals surface area contributed by atoms with Crippen LogP contribution in [0.25, 0.3) is 16.7 Å². The van der Waals surface area contributed by atoms with Gasteiger partial charge < -0.3 is 9.80 Å². The second-order valence-corrected chi connectivity index (χ2v) is 9.99. The number of anilines is 1. The average Bonchev–Trinajstić information content (AvgIpc) is 3.25. The fourth-order valence-corrected chi connectivity index (χ4v) is 4.97. The highest BCUT2D eigenvalue weighted by Gasteiger charge is 2.27. The molecule has 1 aliphatic heterocycles. The SMILES string of the molecule is CCC[C@@H](C)c1nc(N2CCN(C(=O)c3ccc(Cl)cc3)CC2)c2c(C)nn(-c3ccc(F)cc3)c2n1. The van der Waals surface area contributed by atoms with Gasteiger partial charge >= 0.3 is 0 Å². The first-order valence-corrected chi connectivity index (χ1v) is 13.1. The predicted octanol–water partition coefficient (Wildman–Crippen LogP) is 5.78. The zero-order valence-electron chi connectivity index (χ0n) is 21.3. The zero-order valence-corrected chi connectivity index (χ0v) is 22.0. The number of rotatable bonds is 6. The van der Waals surface area contributed by atoms with E-state index >= 15 is 0 Å². The van der Waals surface area contributed by atoms with E-state index in [-0.39, 0.29) is 17.6 Å². The molecule has 4 aromatic rings. The molecule has 9 heteroatoms. The van der Waals surface area contributed by atoms with Crippen molar-refractivity contribution < 1.29 is 9.18 Å². The first-order chi connectivity index (χ1) is 17.9. The Bertz CT molecular complexity index is 1410. The molecule has 7 nitrogen and oxygen atoms in total. The van der Waals surface area contributed by atoms with Crippen LogP contribution < -0.4 is 4.90 Å². The maximum Gasteiger partial charge on any atom is 0.253 e. The van der Waals surface area contributed by atoms with Crippen molar-refractivity contribution in [3.8, 4) is 5.69 Å². The van der Waals surface area contributed by atoms with Crippen LogP contribution in [0.15, 0.2) is 48.5 Å². The summed E-state index contributed by atoms with van der Waals surface area (Å²) in [4.78, 5) is 27.1. The van der Waals surface area contributed by atoms with Gasteiger partial charge in [0.15, 0.2) is 5.65 Å². The van der Waals surface area contributed by atoms with Crippen molar-refractivity contribution in [1.29, 1.82) is 0 Å². The topological polar surface area (TPSA) is 67.2 Å². The Morgan fingerprint density at radius 2 is 1.70 bits per heavy atom. The molecule has 0 aliphatic carbocycles. The average molecular weight is 521 g/mol. The summed E-state index contributed by atoms with van der Waals surface area (Å²) in [6.07, 6.45) is 2.00. The van der Waals surface area contributed by atoms with Gasteiger partial charge in [0.1, 0.15) is 17.5 Å². The Kier molecular flexibility index (Phi) is 7.11. The van der Waals surface area contributed by atoms with E-state index in [1.54, 1.807) is 41.1 Å². The largest absolute Gasteiger partial charge is 0.352 e. The third-order valence-corrected chi connectivity index (χ3v) is 7.14. The van der Waals surface area contributed by atoms with E-state index in [0.717, 1.165) is 41.3 Å². The van der Waals surface area contributed by atoms with Crippen LogP contribution in [0.3, 0.4) is 0 Å². The van der Waals surface area contributed by atoms with E-state index in [4.69, 9.17) is 26.7 Å². The Balaban J connectivity index is 1.49. The Hall–Kier alpha value is -3.52. The summed E-state index contributed by atoms with van der Waals surface area (Å²) < 4.78 is 15.4. The summed E-state index contributed by atoms with van der Waals surface area (Å²) in [5.41, 5.74) is 2.90. The van der Waals surface area contributed by atoms with Gasteiger partial charge in [-0.25, -0.2) is 19.0 Å². The van der Waals surface area contributed by atoms with Crippen molar-refractivity contribution in [3.05, 3.63) is 76.5 Å². The number of hydrogen-bond donors (Lipinski definition) is 0. The number of nitrogens with zero attached hydrogens (tertiary/aromatic N) is 6. The molecule has 0 spiro atoms. The van der Waals surface area contributed by atoms with Crippen LogP contribution in [0.4, 0.5) is 10.2 Å². The number of piperazine rings is 1. The molecule has 1 aliphatic rings. The minimum absolute atomic E-state index is 0.00159. The minimum Gasteiger partial charge on any atom is -0.352 e. The smallest absolute Gasteiger partial charge is 0.253 e. The Morgan fingerprint density at radius 3 is 2.35 bits per heavy atom. The van der Waals surface area contributed by atoms with E-state index in [2.05, 4.69) is 18.7 Å². The van der Waals surface area contributed by atoms with Crippen molar-refractivity contribution >= 4 is 34.4 Å². The third kappa shape index (κ3) is 5.03. The van der Waals surface area contributed by atoms with Crippen molar-refractivity contribution in [1.82, 2.24) is 24.6 Å². The highest BCUT2D eigenvalue weighted by Crippen LogP contribution is 2.32. The maximum absolute atomic E-state index is 13.6. The quantitative estimate of drug-likeness (QED) is 0.322. The molecule has 0 radical (unpaired) electrons. The number of aryl methyl sites for hydroxylation is 1. The van der Waals surface area contributed by atoms with Gasteiger partial charge in [-0.05, 0) is 61.9 Å². The van der Waals surface area contributed by atoms with Gasteiger partial charge in [0.05, 0.1) is 16.8 Å². The standard InChI is InChI=1S/C28H30ClFN6O/c1-4-5-18(2)25-31-26(24-19(3)33-36(27(24)32-25)23-12-10-22(30)11-13-23)34-14-16-35(17-15-34)28(37)20-6-8-21(29)9-7-20/h6-13,18H,4-5,14-17H2,1-3H3/t18-/m1/s1. The monoisotopic (exact) mass is 520 g/mol. The molecule has 1 amide bonds. The van der Waals surface area contributed by atoms with Gasteiger partial charge in [-0.1, -0.05) is 31.9 Å². The molecule has 1 saturated heterocycles. The number of benzene rings is 2. The zero-order chi connectivity index (χ0) is 26.1. The van der Waals surface area contributed by atoms with Gasteiger partial charge in [-0.15, -0.1) is 0 Å². The molecule has 1 fully saturated rings. The molecule has 0 bridgehead atoms. The molecule has 2 aromatic carbocycles. The number of amides is 1. The fourth-order valence-electron chi connectivity index (χ4n) is 4.85. The Labute approximate surface area is 220 Å². The van der Waals surface area contributed by atoms with Gasteiger partial charge in [0, 0.05) is 42.7 Å². The van der Waals surface area contributed by atoms with Gasteiger partial charge in [0.25, 0.3) is 5.91 Å². The molecule has 0 unspecified atom stereocenters. The van der Waals surface area contributed by atoms with Crippen LogP contribution in [-0.4, -0.2) is 56.7 Å². The van der Waals surface area contributed by atoms with Gasteiger partial charge in [-0.2, -0.15) is 5.10 Å². The lowest BCUT2D eigenvalue weighted by Gasteiger charge is -2.36. The lowest BCUT2D eigenvalue weighted by atomic mass is 10.1. The fraction of sp³-hybridized carbons (Fsp3) is 0.357. The first-order valence-electron chi connectivity index (χ1n) is 12.7. The number of fused-ring (bicyclic) bond motifs is 1. The van der Waals surface area contributed by atoms with Crippen molar-refractivity contribution in [2.24, 2.45) is 0 Å². The number of carbonyl (C=O) groups is 1. The summed E-state index contributed by atoms with van der Waals surface area (Å²) in [7, 11) is 0. The summed E-state index contributed by atoms with van der Waals surface area (Å²) >= 11 is 5.98. The van der Waals surface area contributed by atoms with E-state index < -0.39 is 0 Å².